The average Bonchev–Trinajstić information content (AvgIpc) is 3.09. The van der Waals surface area contributed by atoms with E-state index >= 15 is 0 Å². The summed E-state index contributed by atoms with van der Waals surface area (Å²) in [6.07, 6.45) is 4.71. The minimum atomic E-state index is -0.154. The first-order valence-electron chi connectivity index (χ1n) is 8.99. The van der Waals surface area contributed by atoms with E-state index in [0.29, 0.717) is 5.82 Å². The van der Waals surface area contributed by atoms with Gasteiger partial charge < -0.3 is 4.90 Å². The highest BCUT2D eigenvalue weighted by Gasteiger charge is 2.16. The van der Waals surface area contributed by atoms with E-state index in [4.69, 9.17) is 0 Å². The third kappa shape index (κ3) is 4.77. The van der Waals surface area contributed by atoms with Crippen LogP contribution in [0.4, 0.5) is 0 Å². The summed E-state index contributed by atoms with van der Waals surface area (Å²) in [5.74, 6) is 0.496. The smallest absolute Gasteiger partial charge is 0.259 e. The van der Waals surface area contributed by atoms with Crippen molar-refractivity contribution in [2.24, 2.45) is 0 Å². The van der Waals surface area contributed by atoms with E-state index in [9.17, 15) is 4.79 Å². The van der Waals surface area contributed by atoms with Crippen LogP contribution in [0.5, 0.6) is 0 Å². The van der Waals surface area contributed by atoms with E-state index in [1.807, 2.05) is 5.01 Å². The minimum absolute atomic E-state index is 0.154. The maximum absolute atomic E-state index is 12.1. The zero-order valence-corrected chi connectivity index (χ0v) is 15.6. The van der Waals surface area contributed by atoms with Gasteiger partial charge in [0.1, 0.15) is 6.33 Å². The number of aryl methyl sites for hydroxylation is 2. The SMILES string of the molecule is CCN1CCN(NC(=O)/C=C\n2cnc(-c3cc(C)cc(C)c3)n2)CC1. The molecular formula is C19H26N6O. The zero-order valence-electron chi connectivity index (χ0n) is 15.6. The van der Waals surface area contributed by atoms with Crippen molar-refractivity contribution in [2.45, 2.75) is 20.8 Å². The van der Waals surface area contributed by atoms with E-state index in [0.717, 1.165) is 38.3 Å². The van der Waals surface area contributed by atoms with Gasteiger partial charge in [-0.1, -0.05) is 24.1 Å². The summed E-state index contributed by atoms with van der Waals surface area (Å²) >= 11 is 0. The maximum atomic E-state index is 12.1. The summed E-state index contributed by atoms with van der Waals surface area (Å²) in [4.78, 5) is 18.8. The summed E-state index contributed by atoms with van der Waals surface area (Å²) in [5, 5.41) is 6.38. The molecule has 1 fully saturated rings. The molecule has 1 saturated heterocycles. The fourth-order valence-electron chi connectivity index (χ4n) is 3.10. The Balaban J connectivity index is 1.57. The van der Waals surface area contributed by atoms with E-state index in [1.54, 1.807) is 17.2 Å². The summed E-state index contributed by atoms with van der Waals surface area (Å²) in [6, 6.07) is 6.23. The molecule has 1 aliphatic rings. The van der Waals surface area contributed by atoms with Crippen molar-refractivity contribution in [1.29, 1.82) is 0 Å². The molecule has 26 heavy (non-hydrogen) atoms. The molecule has 0 unspecified atom stereocenters. The van der Waals surface area contributed by atoms with E-state index < -0.39 is 0 Å². The van der Waals surface area contributed by atoms with Crippen LogP contribution in [-0.4, -0.2) is 63.3 Å². The average molecular weight is 354 g/mol. The van der Waals surface area contributed by atoms with Crippen molar-refractivity contribution in [1.82, 2.24) is 30.1 Å². The Morgan fingerprint density at radius 1 is 1.15 bits per heavy atom. The van der Waals surface area contributed by atoms with Crippen molar-refractivity contribution < 1.29 is 4.79 Å². The standard InChI is InChI=1S/C19H26N6O/c1-4-23-7-9-24(10-8-23)21-18(26)5-6-25-14-20-19(22-25)17-12-15(2)11-16(3)13-17/h5-6,11-14H,4,7-10H2,1-3H3,(H,21,26)/b6-5-. The summed E-state index contributed by atoms with van der Waals surface area (Å²) in [6.45, 7) is 10.9. The van der Waals surface area contributed by atoms with E-state index in [-0.39, 0.29) is 5.91 Å². The normalized spacial score (nSPS) is 16.3. The van der Waals surface area contributed by atoms with Crippen LogP contribution in [0.25, 0.3) is 17.6 Å². The lowest BCUT2D eigenvalue weighted by Crippen LogP contribution is -2.53. The quantitative estimate of drug-likeness (QED) is 0.828. The summed E-state index contributed by atoms with van der Waals surface area (Å²) < 4.78 is 1.56. The Hall–Kier alpha value is -2.51. The third-order valence-electron chi connectivity index (χ3n) is 4.45. The number of carbonyl (C=O) groups is 1. The first-order chi connectivity index (χ1) is 12.5. The van der Waals surface area contributed by atoms with Gasteiger partial charge in [0.2, 0.25) is 0 Å². The molecule has 0 aliphatic carbocycles. The lowest BCUT2D eigenvalue weighted by Gasteiger charge is -2.33. The van der Waals surface area contributed by atoms with Crippen LogP contribution in [0, 0.1) is 13.8 Å². The van der Waals surface area contributed by atoms with Crippen LogP contribution in [0.15, 0.2) is 30.6 Å². The second-order valence-corrected chi connectivity index (χ2v) is 6.64. The highest BCUT2D eigenvalue weighted by Crippen LogP contribution is 2.18. The molecule has 1 aromatic carbocycles. The first kappa shape index (κ1) is 18.3. The Kier molecular flexibility index (Phi) is 5.80. The van der Waals surface area contributed by atoms with Crippen molar-refractivity contribution >= 4 is 12.1 Å². The number of piperazine rings is 1. The van der Waals surface area contributed by atoms with Gasteiger partial charge in [-0.05, 0) is 32.5 Å². The molecule has 0 atom stereocenters. The maximum Gasteiger partial charge on any atom is 0.259 e. The predicted molar refractivity (Wildman–Crippen MR) is 102 cm³/mol. The van der Waals surface area contributed by atoms with Gasteiger partial charge in [0.25, 0.3) is 5.91 Å². The monoisotopic (exact) mass is 354 g/mol. The lowest BCUT2D eigenvalue weighted by molar-refractivity contribution is -0.121. The van der Waals surface area contributed by atoms with Crippen LogP contribution in [-0.2, 0) is 4.79 Å². The number of benzene rings is 1. The molecule has 1 amide bonds. The Labute approximate surface area is 154 Å². The number of hydrogen-bond acceptors (Lipinski definition) is 5. The largest absolute Gasteiger partial charge is 0.301 e. The van der Waals surface area contributed by atoms with E-state index in [2.05, 4.69) is 59.4 Å². The zero-order chi connectivity index (χ0) is 18.5. The number of aromatic nitrogens is 3. The molecule has 0 spiro atoms. The van der Waals surface area contributed by atoms with Crippen molar-refractivity contribution in [3.8, 4) is 11.4 Å². The molecule has 138 valence electrons. The highest BCUT2D eigenvalue weighted by molar-refractivity contribution is 5.89. The molecule has 0 radical (unpaired) electrons. The molecule has 2 aromatic rings. The summed E-state index contributed by atoms with van der Waals surface area (Å²) in [7, 11) is 0. The topological polar surface area (TPSA) is 66.3 Å². The fourth-order valence-corrected chi connectivity index (χ4v) is 3.10. The fraction of sp³-hybridized carbons (Fsp3) is 0.421. The van der Waals surface area contributed by atoms with Crippen LogP contribution in [0.2, 0.25) is 0 Å². The van der Waals surface area contributed by atoms with Gasteiger partial charge in [-0.3, -0.25) is 10.2 Å². The van der Waals surface area contributed by atoms with Gasteiger partial charge in [-0.15, -0.1) is 5.10 Å². The molecule has 2 heterocycles. The van der Waals surface area contributed by atoms with Crippen molar-refractivity contribution in [3.63, 3.8) is 0 Å². The molecule has 7 nitrogen and oxygen atoms in total. The number of hydrazine groups is 1. The molecule has 7 heteroatoms. The van der Waals surface area contributed by atoms with Crippen LogP contribution >= 0.6 is 0 Å². The first-order valence-corrected chi connectivity index (χ1v) is 8.99. The molecule has 0 saturated carbocycles. The Morgan fingerprint density at radius 3 is 2.50 bits per heavy atom. The minimum Gasteiger partial charge on any atom is -0.301 e. The van der Waals surface area contributed by atoms with Gasteiger partial charge in [0, 0.05) is 44.0 Å². The van der Waals surface area contributed by atoms with Crippen LogP contribution < -0.4 is 5.43 Å². The molecule has 1 aromatic heterocycles. The molecule has 0 bridgehead atoms. The molecular weight excluding hydrogens is 328 g/mol. The third-order valence-corrected chi connectivity index (χ3v) is 4.45. The second-order valence-electron chi connectivity index (χ2n) is 6.64. The van der Waals surface area contributed by atoms with Gasteiger partial charge in [0.05, 0.1) is 0 Å². The van der Waals surface area contributed by atoms with Gasteiger partial charge >= 0.3 is 0 Å². The number of nitrogens with one attached hydrogen (secondary N) is 1. The highest BCUT2D eigenvalue weighted by atomic mass is 16.2. The lowest BCUT2D eigenvalue weighted by atomic mass is 10.1. The van der Waals surface area contributed by atoms with Crippen LogP contribution in [0.1, 0.15) is 18.1 Å². The molecule has 1 N–H and O–H groups in total. The molecule has 3 rings (SSSR count). The number of nitrogens with zero attached hydrogens (tertiary/aromatic N) is 5. The number of hydrogen-bond donors (Lipinski definition) is 1. The Morgan fingerprint density at radius 2 is 1.85 bits per heavy atom. The van der Waals surface area contributed by atoms with Gasteiger partial charge in [-0.2, -0.15) is 0 Å². The number of amides is 1. The van der Waals surface area contributed by atoms with Crippen molar-refractivity contribution in [3.05, 3.63) is 41.7 Å². The van der Waals surface area contributed by atoms with Crippen LogP contribution in [0.3, 0.4) is 0 Å². The van der Waals surface area contributed by atoms with Crippen molar-refractivity contribution in [2.75, 3.05) is 32.7 Å². The Bertz CT molecular complexity index is 769. The number of carbonyl (C=O) groups excluding carboxylic acids is 1. The number of rotatable bonds is 5. The van der Waals surface area contributed by atoms with Gasteiger partial charge in [0.15, 0.2) is 5.82 Å². The van der Waals surface area contributed by atoms with Gasteiger partial charge in [-0.25, -0.2) is 14.7 Å². The second kappa shape index (κ2) is 8.25. The molecule has 1 aliphatic heterocycles. The summed E-state index contributed by atoms with van der Waals surface area (Å²) in [5.41, 5.74) is 6.24. The number of likely N-dealkylation sites (N-methyl/N-ethyl adjacent to an activating group) is 1. The van der Waals surface area contributed by atoms with E-state index in [1.165, 1.54) is 17.2 Å². The predicted octanol–water partition coefficient (Wildman–Crippen LogP) is 1.70.